The predicted octanol–water partition coefficient (Wildman–Crippen LogP) is 0.783. The molecule has 3 heterocycles. The minimum Gasteiger partial charge on any atom is -0.305 e. The zero-order valence-corrected chi connectivity index (χ0v) is 11.2. The maximum Gasteiger partial charge on any atom is 0.250 e. The fourth-order valence-electron chi connectivity index (χ4n) is 2.22. The van der Waals surface area contributed by atoms with E-state index in [2.05, 4.69) is 20.5 Å². The van der Waals surface area contributed by atoms with Crippen molar-refractivity contribution in [3.8, 4) is 0 Å². The number of anilines is 1. The minimum absolute atomic E-state index is 0.00833. The third-order valence-corrected chi connectivity index (χ3v) is 4.08. The molecule has 1 N–H and O–H groups in total. The molecule has 0 spiro atoms. The Bertz CT molecular complexity index is 585. The molecule has 0 radical (unpaired) electrons. The van der Waals surface area contributed by atoms with Crippen molar-refractivity contribution in [3.63, 3.8) is 0 Å². The highest BCUT2D eigenvalue weighted by Gasteiger charge is 2.32. The maximum absolute atomic E-state index is 12.6. The molecule has 0 aromatic carbocycles. The van der Waals surface area contributed by atoms with Crippen molar-refractivity contribution in [2.75, 3.05) is 18.5 Å². The van der Waals surface area contributed by atoms with Gasteiger partial charge in [-0.2, -0.15) is 5.10 Å². The van der Waals surface area contributed by atoms with Gasteiger partial charge in [0, 0.05) is 19.2 Å². The molecular weight excluding hydrogens is 262 g/mol. The van der Waals surface area contributed by atoms with Crippen LogP contribution in [0.25, 0.3) is 0 Å². The fourth-order valence-corrected chi connectivity index (χ4v) is 3.16. The van der Waals surface area contributed by atoms with Crippen LogP contribution in [-0.2, 0) is 11.2 Å². The summed E-state index contributed by atoms with van der Waals surface area (Å²) in [7, 11) is 1.78. The number of rotatable bonds is 2. The lowest BCUT2D eigenvalue weighted by Gasteiger charge is -2.22. The number of carbonyl (C=O) groups is 1. The van der Waals surface area contributed by atoms with E-state index in [9.17, 15) is 4.79 Å². The first-order valence-corrected chi connectivity index (χ1v) is 6.88. The van der Waals surface area contributed by atoms with Gasteiger partial charge in [0.2, 0.25) is 0 Å². The fraction of sp³-hybridized carbons (Fsp3) is 0.333. The van der Waals surface area contributed by atoms with Gasteiger partial charge < -0.3 is 5.32 Å². The Hall–Kier alpha value is -1.86. The molecule has 1 aliphatic rings. The number of likely N-dealkylation sites (N-methyl/N-ethyl adjacent to an activating group) is 1. The van der Waals surface area contributed by atoms with Crippen LogP contribution in [0.5, 0.6) is 0 Å². The van der Waals surface area contributed by atoms with Crippen LogP contribution in [0.15, 0.2) is 23.8 Å². The highest BCUT2D eigenvalue weighted by molar-refractivity contribution is 7.10. The number of hydrogen-bond donors (Lipinski definition) is 1. The molecular formula is C12H13N5OS. The van der Waals surface area contributed by atoms with Gasteiger partial charge in [0.05, 0.1) is 16.1 Å². The molecule has 1 unspecified atom stereocenters. The Morgan fingerprint density at radius 1 is 1.53 bits per heavy atom. The summed E-state index contributed by atoms with van der Waals surface area (Å²) in [5.74, 6) is 0.578. The van der Waals surface area contributed by atoms with E-state index in [4.69, 9.17) is 0 Å². The topological polar surface area (TPSA) is 71.0 Å². The summed E-state index contributed by atoms with van der Waals surface area (Å²) in [4.78, 5) is 19.6. The minimum atomic E-state index is -0.355. The lowest BCUT2D eigenvalue weighted by Crippen LogP contribution is -2.39. The van der Waals surface area contributed by atoms with Crippen LogP contribution in [0.4, 0.5) is 5.82 Å². The number of nitrogens with zero attached hydrogens (tertiary/aromatic N) is 4. The zero-order valence-electron chi connectivity index (χ0n) is 10.4. The van der Waals surface area contributed by atoms with Gasteiger partial charge in [0.25, 0.3) is 5.91 Å². The highest BCUT2D eigenvalue weighted by Crippen LogP contribution is 2.29. The molecule has 6 nitrogen and oxygen atoms in total. The van der Waals surface area contributed by atoms with E-state index in [-0.39, 0.29) is 11.9 Å². The van der Waals surface area contributed by atoms with Crippen molar-refractivity contribution in [2.45, 2.75) is 12.5 Å². The molecule has 0 saturated carbocycles. The summed E-state index contributed by atoms with van der Waals surface area (Å²) in [6, 6.07) is 3.22. The molecule has 1 atom stereocenters. The van der Waals surface area contributed by atoms with E-state index in [1.54, 1.807) is 35.8 Å². The number of fused-ring (bicyclic) bond motifs is 1. The van der Waals surface area contributed by atoms with Gasteiger partial charge in [-0.3, -0.25) is 9.69 Å². The normalized spacial score (nSPS) is 19.1. The van der Waals surface area contributed by atoms with Gasteiger partial charge in [-0.25, -0.2) is 4.98 Å². The Balaban J connectivity index is 1.99. The van der Waals surface area contributed by atoms with Crippen molar-refractivity contribution in [3.05, 3.63) is 34.4 Å². The van der Waals surface area contributed by atoms with Crippen molar-refractivity contribution in [1.82, 2.24) is 20.5 Å². The highest BCUT2D eigenvalue weighted by atomic mass is 32.1. The molecule has 3 rings (SSSR count). The molecule has 0 saturated heterocycles. The second-order valence-corrected chi connectivity index (χ2v) is 5.09. The van der Waals surface area contributed by atoms with E-state index >= 15 is 0 Å². The third kappa shape index (κ3) is 2.11. The first-order valence-electron chi connectivity index (χ1n) is 6.00. The van der Waals surface area contributed by atoms with Crippen molar-refractivity contribution < 1.29 is 4.79 Å². The number of amides is 1. The Morgan fingerprint density at radius 3 is 3.16 bits per heavy atom. The average Bonchev–Trinajstić information content (AvgIpc) is 2.85. The van der Waals surface area contributed by atoms with Crippen LogP contribution < -0.4 is 10.2 Å². The van der Waals surface area contributed by atoms with E-state index in [1.165, 1.54) is 11.3 Å². The number of hydrogen-bond acceptors (Lipinski definition) is 6. The number of nitrogens with one attached hydrogen (secondary N) is 1. The molecule has 0 bridgehead atoms. The van der Waals surface area contributed by atoms with Crippen molar-refractivity contribution >= 4 is 23.1 Å². The SMILES string of the molecule is CNC1C(=O)N(c2cccnn2)CCc2ncsc21. The summed E-state index contributed by atoms with van der Waals surface area (Å²) in [6.07, 6.45) is 2.33. The number of carbonyl (C=O) groups excluding carboxylic acids is 1. The molecule has 19 heavy (non-hydrogen) atoms. The molecule has 98 valence electrons. The average molecular weight is 275 g/mol. The summed E-state index contributed by atoms with van der Waals surface area (Å²) in [5, 5.41) is 10.9. The summed E-state index contributed by atoms with van der Waals surface area (Å²) < 4.78 is 0. The lowest BCUT2D eigenvalue weighted by molar-refractivity contribution is -0.120. The second kappa shape index (κ2) is 5.02. The third-order valence-electron chi connectivity index (χ3n) is 3.14. The largest absolute Gasteiger partial charge is 0.305 e. The lowest BCUT2D eigenvalue weighted by atomic mass is 10.2. The first-order chi connectivity index (χ1) is 9.31. The van der Waals surface area contributed by atoms with Gasteiger partial charge in [0.15, 0.2) is 5.82 Å². The molecule has 0 fully saturated rings. The number of aromatic nitrogens is 3. The van der Waals surface area contributed by atoms with Crippen LogP contribution in [0.2, 0.25) is 0 Å². The standard InChI is InChI=1S/C12H13N5OS/c1-13-10-11-8(14-7-19-11)4-6-17(12(10)18)9-3-2-5-15-16-9/h2-3,5,7,10,13H,4,6H2,1H3. The maximum atomic E-state index is 12.6. The smallest absolute Gasteiger partial charge is 0.250 e. The second-order valence-electron chi connectivity index (χ2n) is 4.21. The van der Waals surface area contributed by atoms with E-state index in [0.717, 1.165) is 17.0 Å². The Kier molecular flexibility index (Phi) is 3.22. The van der Waals surface area contributed by atoms with E-state index in [0.29, 0.717) is 12.4 Å². The van der Waals surface area contributed by atoms with Crippen LogP contribution in [0.3, 0.4) is 0 Å². The van der Waals surface area contributed by atoms with E-state index in [1.807, 2.05) is 0 Å². The van der Waals surface area contributed by atoms with Gasteiger partial charge in [0.1, 0.15) is 6.04 Å². The molecule has 7 heteroatoms. The summed E-state index contributed by atoms with van der Waals surface area (Å²) in [5.41, 5.74) is 2.78. The monoisotopic (exact) mass is 275 g/mol. The van der Waals surface area contributed by atoms with E-state index < -0.39 is 0 Å². The summed E-state index contributed by atoms with van der Waals surface area (Å²) in [6.45, 7) is 0.576. The van der Waals surface area contributed by atoms with Crippen LogP contribution >= 0.6 is 11.3 Å². The van der Waals surface area contributed by atoms with Gasteiger partial charge in [-0.15, -0.1) is 16.4 Å². The number of thiazole rings is 1. The first kappa shape index (κ1) is 12.2. The van der Waals surface area contributed by atoms with Crippen molar-refractivity contribution in [2.24, 2.45) is 0 Å². The zero-order chi connectivity index (χ0) is 13.2. The molecule has 2 aromatic rings. The predicted molar refractivity (Wildman–Crippen MR) is 72.0 cm³/mol. The Morgan fingerprint density at radius 2 is 2.42 bits per heavy atom. The van der Waals surface area contributed by atoms with Crippen molar-refractivity contribution in [1.29, 1.82) is 0 Å². The Labute approximate surface area is 114 Å². The molecule has 1 aliphatic heterocycles. The van der Waals surface area contributed by atoms with Crippen LogP contribution in [0.1, 0.15) is 16.6 Å². The van der Waals surface area contributed by atoms with Gasteiger partial charge in [-0.1, -0.05) is 0 Å². The molecule has 1 amide bonds. The van der Waals surface area contributed by atoms with Gasteiger partial charge >= 0.3 is 0 Å². The molecule has 0 aliphatic carbocycles. The van der Waals surface area contributed by atoms with Crippen LogP contribution in [0, 0.1) is 0 Å². The molecule has 2 aromatic heterocycles. The summed E-state index contributed by atoms with van der Waals surface area (Å²) >= 11 is 1.52. The quantitative estimate of drug-likeness (QED) is 0.877. The van der Waals surface area contributed by atoms with Crippen LogP contribution in [-0.4, -0.2) is 34.7 Å². The van der Waals surface area contributed by atoms with Gasteiger partial charge in [-0.05, 0) is 19.2 Å².